The second-order valence-corrected chi connectivity index (χ2v) is 6.27. The molecule has 0 saturated carbocycles. The van der Waals surface area contributed by atoms with Crippen molar-refractivity contribution >= 4 is 35.2 Å². The highest BCUT2D eigenvalue weighted by atomic mass is 35.5. The van der Waals surface area contributed by atoms with Gasteiger partial charge in [0, 0.05) is 10.7 Å². The summed E-state index contributed by atoms with van der Waals surface area (Å²) in [5, 5.41) is 5.47. The number of halogens is 1. The van der Waals surface area contributed by atoms with Crippen molar-refractivity contribution in [1.82, 2.24) is 5.32 Å². The summed E-state index contributed by atoms with van der Waals surface area (Å²) in [7, 11) is 0. The lowest BCUT2D eigenvalue weighted by Gasteiger charge is -2.18. The van der Waals surface area contributed by atoms with E-state index in [1.807, 2.05) is 13.0 Å². The fraction of sp³-hybridized carbons (Fsp3) is 0.211. The summed E-state index contributed by atoms with van der Waals surface area (Å²) in [6.45, 7) is 1.45. The molecule has 142 valence electrons. The molecular formula is C19H20ClN3O4. The minimum atomic E-state index is -0.801. The molecule has 0 aromatic heterocycles. The number of primary amides is 1. The number of carbonyl (C=O) groups excluding carboxylic acids is 3. The predicted molar refractivity (Wildman–Crippen MR) is 102 cm³/mol. The normalized spacial score (nSPS) is 11.3. The number of esters is 1. The van der Waals surface area contributed by atoms with E-state index >= 15 is 0 Å². The van der Waals surface area contributed by atoms with E-state index in [1.165, 1.54) is 0 Å². The van der Waals surface area contributed by atoms with Gasteiger partial charge in [-0.05, 0) is 36.2 Å². The Morgan fingerprint density at radius 3 is 2.56 bits per heavy atom. The largest absolute Gasteiger partial charge is 0.455 e. The number of ether oxygens (including phenoxy) is 1. The van der Waals surface area contributed by atoms with Crippen LogP contribution in [0.5, 0.6) is 0 Å². The lowest BCUT2D eigenvalue weighted by atomic mass is 10.0. The number of anilines is 1. The highest BCUT2D eigenvalue weighted by molar-refractivity contribution is 6.31. The zero-order valence-corrected chi connectivity index (χ0v) is 15.5. The van der Waals surface area contributed by atoms with Gasteiger partial charge in [0.25, 0.3) is 5.91 Å². The standard InChI is InChI=1S/C19H20ClN3O4/c1-12-5-4-6-13(9-12)22-17(24)11-27-18(25)10-16(23-19(21)26)14-7-2-3-8-15(14)20/h2-9,16H,10-11H2,1H3,(H,22,24)(H3,21,23,26)/t16-/m1/s1. The molecule has 2 aromatic rings. The minimum Gasteiger partial charge on any atom is -0.455 e. The molecule has 0 aliphatic carbocycles. The molecule has 0 spiro atoms. The summed E-state index contributed by atoms with van der Waals surface area (Å²) in [5.41, 5.74) is 7.30. The van der Waals surface area contributed by atoms with Crippen molar-refractivity contribution in [2.75, 3.05) is 11.9 Å². The van der Waals surface area contributed by atoms with Crippen molar-refractivity contribution in [2.45, 2.75) is 19.4 Å². The highest BCUT2D eigenvalue weighted by Crippen LogP contribution is 2.25. The van der Waals surface area contributed by atoms with Gasteiger partial charge < -0.3 is 21.1 Å². The Hall–Kier alpha value is -3.06. The van der Waals surface area contributed by atoms with Crippen LogP contribution in [0.3, 0.4) is 0 Å². The average molecular weight is 390 g/mol. The maximum absolute atomic E-state index is 12.1. The molecule has 0 radical (unpaired) electrons. The third-order valence-electron chi connectivity index (χ3n) is 3.63. The molecule has 0 saturated heterocycles. The number of hydrogen-bond donors (Lipinski definition) is 3. The Labute approximate surface area is 161 Å². The number of nitrogens with two attached hydrogens (primary N) is 1. The van der Waals surface area contributed by atoms with Crippen LogP contribution >= 0.6 is 11.6 Å². The van der Waals surface area contributed by atoms with Gasteiger partial charge in [0.2, 0.25) is 0 Å². The Bertz CT molecular complexity index is 841. The SMILES string of the molecule is Cc1cccc(NC(=O)COC(=O)C[C@@H](NC(N)=O)c2ccccc2Cl)c1. The summed E-state index contributed by atoms with van der Waals surface area (Å²) >= 11 is 6.11. The number of rotatable bonds is 7. The Morgan fingerprint density at radius 1 is 1.15 bits per heavy atom. The fourth-order valence-corrected chi connectivity index (χ4v) is 2.73. The first-order chi connectivity index (χ1) is 12.8. The van der Waals surface area contributed by atoms with Crippen LogP contribution < -0.4 is 16.4 Å². The molecule has 0 heterocycles. The first kappa shape index (κ1) is 20.3. The van der Waals surface area contributed by atoms with Gasteiger partial charge in [0.15, 0.2) is 6.61 Å². The molecule has 4 N–H and O–H groups in total. The van der Waals surface area contributed by atoms with Crippen LogP contribution in [0.1, 0.15) is 23.6 Å². The van der Waals surface area contributed by atoms with Crippen molar-refractivity contribution in [3.05, 3.63) is 64.7 Å². The summed E-state index contributed by atoms with van der Waals surface area (Å²) in [6.07, 6.45) is -0.218. The van der Waals surface area contributed by atoms with Crippen LogP contribution in [-0.2, 0) is 14.3 Å². The van der Waals surface area contributed by atoms with Gasteiger partial charge in [-0.2, -0.15) is 0 Å². The number of benzene rings is 2. The van der Waals surface area contributed by atoms with Crippen LogP contribution in [0, 0.1) is 6.92 Å². The summed E-state index contributed by atoms with van der Waals surface area (Å²) in [5.74, 6) is -1.14. The second-order valence-electron chi connectivity index (χ2n) is 5.87. The topological polar surface area (TPSA) is 111 Å². The van der Waals surface area contributed by atoms with Crippen LogP contribution in [0.4, 0.5) is 10.5 Å². The van der Waals surface area contributed by atoms with E-state index in [9.17, 15) is 14.4 Å². The van der Waals surface area contributed by atoms with E-state index in [0.717, 1.165) is 5.56 Å². The van der Waals surface area contributed by atoms with E-state index in [-0.39, 0.29) is 6.42 Å². The number of nitrogens with one attached hydrogen (secondary N) is 2. The number of amides is 3. The van der Waals surface area contributed by atoms with E-state index in [4.69, 9.17) is 22.1 Å². The minimum absolute atomic E-state index is 0.218. The molecule has 2 aromatic carbocycles. The number of carbonyl (C=O) groups is 3. The molecule has 0 aliphatic heterocycles. The lowest BCUT2D eigenvalue weighted by Crippen LogP contribution is -2.35. The van der Waals surface area contributed by atoms with Crippen LogP contribution in [-0.4, -0.2) is 24.5 Å². The van der Waals surface area contributed by atoms with Crippen molar-refractivity contribution in [2.24, 2.45) is 5.73 Å². The average Bonchev–Trinajstić information content (AvgIpc) is 2.59. The zero-order valence-electron chi connectivity index (χ0n) is 14.7. The van der Waals surface area contributed by atoms with Crippen molar-refractivity contribution < 1.29 is 19.1 Å². The molecule has 0 aliphatic rings. The van der Waals surface area contributed by atoms with Crippen molar-refractivity contribution in [3.63, 3.8) is 0 Å². The Morgan fingerprint density at radius 2 is 1.89 bits per heavy atom. The van der Waals surface area contributed by atoms with E-state index in [0.29, 0.717) is 16.3 Å². The third kappa shape index (κ3) is 6.63. The summed E-state index contributed by atoms with van der Waals surface area (Å²) < 4.78 is 4.99. The molecule has 1 atom stereocenters. The highest BCUT2D eigenvalue weighted by Gasteiger charge is 2.21. The summed E-state index contributed by atoms with van der Waals surface area (Å²) in [4.78, 5) is 35.2. The van der Waals surface area contributed by atoms with Gasteiger partial charge in [0.05, 0.1) is 12.5 Å². The Balaban J connectivity index is 1.92. The van der Waals surface area contributed by atoms with Gasteiger partial charge in [0.1, 0.15) is 0 Å². The predicted octanol–water partition coefficient (Wildman–Crippen LogP) is 2.93. The third-order valence-corrected chi connectivity index (χ3v) is 3.98. The van der Waals surface area contributed by atoms with E-state index in [2.05, 4.69) is 10.6 Å². The van der Waals surface area contributed by atoms with Gasteiger partial charge in [-0.3, -0.25) is 9.59 Å². The fourth-order valence-electron chi connectivity index (χ4n) is 2.46. The van der Waals surface area contributed by atoms with Gasteiger partial charge >= 0.3 is 12.0 Å². The van der Waals surface area contributed by atoms with Crippen LogP contribution in [0.25, 0.3) is 0 Å². The van der Waals surface area contributed by atoms with Crippen molar-refractivity contribution in [3.8, 4) is 0 Å². The molecule has 8 heteroatoms. The van der Waals surface area contributed by atoms with Crippen LogP contribution in [0.2, 0.25) is 5.02 Å². The number of aryl methyl sites for hydroxylation is 1. The summed E-state index contributed by atoms with van der Waals surface area (Å²) in [6, 6.07) is 12.4. The molecular weight excluding hydrogens is 370 g/mol. The quantitative estimate of drug-likeness (QED) is 0.632. The zero-order chi connectivity index (χ0) is 19.8. The molecule has 0 fully saturated rings. The van der Waals surface area contributed by atoms with E-state index in [1.54, 1.807) is 42.5 Å². The van der Waals surface area contributed by atoms with E-state index < -0.39 is 30.6 Å². The molecule has 7 nitrogen and oxygen atoms in total. The first-order valence-corrected chi connectivity index (χ1v) is 8.55. The van der Waals surface area contributed by atoms with Crippen molar-refractivity contribution in [1.29, 1.82) is 0 Å². The first-order valence-electron chi connectivity index (χ1n) is 8.17. The smallest absolute Gasteiger partial charge is 0.312 e. The van der Waals surface area contributed by atoms with Crippen LogP contribution in [0.15, 0.2) is 48.5 Å². The van der Waals surface area contributed by atoms with Gasteiger partial charge in [-0.15, -0.1) is 0 Å². The Kier molecular flexibility index (Phi) is 7.19. The molecule has 3 amide bonds. The molecule has 0 unspecified atom stereocenters. The number of hydrogen-bond acceptors (Lipinski definition) is 4. The van der Waals surface area contributed by atoms with Gasteiger partial charge in [-0.25, -0.2) is 4.79 Å². The molecule has 27 heavy (non-hydrogen) atoms. The molecule has 2 rings (SSSR count). The maximum atomic E-state index is 12.1. The number of urea groups is 1. The molecule has 0 bridgehead atoms. The van der Waals surface area contributed by atoms with Gasteiger partial charge in [-0.1, -0.05) is 41.9 Å². The maximum Gasteiger partial charge on any atom is 0.312 e. The lowest BCUT2D eigenvalue weighted by molar-refractivity contribution is -0.147. The monoisotopic (exact) mass is 389 g/mol. The second kappa shape index (κ2) is 9.59.